The van der Waals surface area contributed by atoms with Crippen molar-refractivity contribution in [3.05, 3.63) is 28.8 Å². The number of nitrogens with zero attached hydrogens (tertiary/aromatic N) is 1. The van der Waals surface area contributed by atoms with E-state index in [4.69, 9.17) is 11.0 Å². The minimum atomic E-state index is -0.751. The van der Waals surface area contributed by atoms with Gasteiger partial charge in [0.05, 0.1) is 12.7 Å². The Morgan fingerprint density at radius 2 is 2.33 bits per heavy atom. The van der Waals surface area contributed by atoms with Crippen LogP contribution in [0.5, 0.6) is 5.75 Å². The summed E-state index contributed by atoms with van der Waals surface area (Å²) in [6.45, 7) is 0.118. The summed E-state index contributed by atoms with van der Waals surface area (Å²) in [5.74, 6) is -1.03. The number of aromatic hydroxyl groups is 1. The summed E-state index contributed by atoms with van der Waals surface area (Å²) in [6, 6.07) is 4.65. The number of phenols is 1. The molecule has 0 amide bonds. The summed E-state index contributed by atoms with van der Waals surface area (Å²) in [4.78, 5) is 11.3. The highest BCUT2D eigenvalue weighted by Gasteiger charge is 2.19. The van der Waals surface area contributed by atoms with Crippen LogP contribution in [0.4, 0.5) is 0 Å². The molecule has 15 heavy (non-hydrogen) atoms. The summed E-state index contributed by atoms with van der Waals surface area (Å²) < 4.78 is 4.47. The SMILES string of the molecule is COC(=O)c1c(O)ccc(CN)c1C#N. The Kier molecular flexibility index (Phi) is 3.26. The molecule has 0 radical (unpaired) electrons. The van der Waals surface area contributed by atoms with E-state index < -0.39 is 5.97 Å². The highest BCUT2D eigenvalue weighted by atomic mass is 16.5. The van der Waals surface area contributed by atoms with Crippen LogP contribution < -0.4 is 5.73 Å². The number of esters is 1. The Morgan fingerprint density at radius 3 is 2.80 bits per heavy atom. The Bertz CT molecular complexity index is 435. The third-order valence-electron chi connectivity index (χ3n) is 1.99. The minimum absolute atomic E-state index is 0.0596. The largest absolute Gasteiger partial charge is 0.507 e. The van der Waals surface area contributed by atoms with Crippen molar-refractivity contribution in [2.75, 3.05) is 7.11 Å². The van der Waals surface area contributed by atoms with Crippen LogP contribution in [-0.2, 0) is 11.3 Å². The number of hydrogen-bond donors (Lipinski definition) is 2. The topological polar surface area (TPSA) is 96.3 Å². The number of nitrogens with two attached hydrogens (primary N) is 1. The number of benzene rings is 1. The zero-order valence-electron chi connectivity index (χ0n) is 8.15. The van der Waals surface area contributed by atoms with Gasteiger partial charge in [0.1, 0.15) is 17.4 Å². The fourth-order valence-corrected chi connectivity index (χ4v) is 1.24. The quantitative estimate of drug-likeness (QED) is 0.687. The first-order valence-corrected chi connectivity index (χ1v) is 4.19. The maximum absolute atomic E-state index is 11.3. The van der Waals surface area contributed by atoms with Gasteiger partial charge >= 0.3 is 5.97 Å². The van der Waals surface area contributed by atoms with E-state index in [2.05, 4.69) is 4.74 Å². The molecule has 1 aromatic rings. The molecule has 0 heterocycles. The molecule has 0 saturated heterocycles. The average Bonchev–Trinajstić information content (AvgIpc) is 2.27. The van der Waals surface area contributed by atoms with E-state index in [-0.39, 0.29) is 23.4 Å². The van der Waals surface area contributed by atoms with Gasteiger partial charge in [-0.1, -0.05) is 6.07 Å². The predicted molar refractivity (Wildman–Crippen MR) is 52.1 cm³/mol. The van der Waals surface area contributed by atoms with Gasteiger partial charge in [-0.3, -0.25) is 0 Å². The van der Waals surface area contributed by atoms with E-state index in [9.17, 15) is 9.90 Å². The minimum Gasteiger partial charge on any atom is -0.507 e. The van der Waals surface area contributed by atoms with Crippen molar-refractivity contribution in [3.63, 3.8) is 0 Å². The van der Waals surface area contributed by atoms with Gasteiger partial charge < -0.3 is 15.6 Å². The maximum Gasteiger partial charge on any atom is 0.343 e. The van der Waals surface area contributed by atoms with Gasteiger partial charge in [0.2, 0.25) is 0 Å². The second-order valence-electron chi connectivity index (χ2n) is 2.80. The highest BCUT2D eigenvalue weighted by Crippen LogP contribution is 2.24. The molecule has 1 aromatic carbocycles. The van der Waals surface area contributed by atoms with E-state index >= 15 is 0 Å². The van der Waals surface area contributed by atoms with Crippen LogP contribution in [0.1, 0.15) is 21.5 Å². The van der Waals surface area contributed by atoms with Gasteiger partial charge in [0, 0.05) is 6.54 Å². The van der Waals surface area contributed by atoms with E-state index in [0.717, 1.165) is 0 Å². The molecule has 0 atom stereocenters. The Hall–Kier alpha value is -2.06. The van der Waals surface area contributed by atoms with Crippen LogP contribution in [0.2, 0.25) is 0 Å². The average molecular weight is 206 g/mol. The van der Waals surface area contributed by atoms with Crippen molar-refractivity contribution in [2.24, 2.45) is 5.73 Å². The number of carbonyl (C=O) groups is 1. The molecule has 0 saturated carbocycles. The summed E-state index contributed by atoms with van der Waals surface area (Å²) >= 11 is 0. The lowest BCUT2D eigenvalue weighted by Crippen LogP contribution is -2.09. The highest BCUT2D eigenvalue weighted by molar-refractivity contribution is 5.95. The second kappa shape index (κ2) is 4.44. The van der Waals surface area contributed by atoms with Crippen LogP contribution in [0.15, 0.2) is 12.1 Å². The summed E-state index contributed by atoms with van der Waals surface area (Å²) in [5, 5.41) is 18.3. The van der Waals surface area contributed by atoms with Crippen LogP contribution >= 0.6 is 0 Å². The van der Waals surface area contributed by atoms with Crippen LogP contribution in [0.25, 0.3) is 0 Å². The molecule has 3 N–H and O–H groups in total. The zero-order valence-corrected chi connectivity index (χ0v) is 8.15. The number of ether oxygens (including phenoxy) is 1. The first-order chi connectivity index (χ1) is 7.15. The number of carbonyl (C=O) groups excluding carboxylic acids is 1. The Labute approximate surface area is 86.7 Å². The zero-order chi connectivity index (χ0) is 11.4. The van der Waals surface area contributed by atoms with Gasteiger partial charge in [0.25, 0.3) is 0 Å². The van der Waals surface area contributed by atoms with E-state index in [0.29, 0.717) is 5.56 Å². The van der Waals surface area contributed by atoms with Crippen LogP contribution in [0, 0.1) is 11.3 Å². The fourth-order valence-electron chi connectivity index (χ4n) is 1.24. The van der Waals surface area contributed by atoms with Crippen molar-refractivity contribution in [2.45, 2.75) is 6.54 Å². The van der Waals surface area contributed by atoms with Gasteiger partial charge in [-0.25, -0.2) is 4.79 Å². The van der Waals surface area contributed by atoms with Gasteiger partial charge in [-0.2, -0.15) is 5.26 Å². The van der Waals surface area contributed by atoms with Crippen molar-refractivity contribution >= 4 is 5.97 Å². The number of nitriles is 1. The molecule has 0 fully saturated rings. The molecular weight excluding hydrogens is 196 g/mol. The molecule has 5 nitrogen and oxygen atoms in total. The van der Waals surface area contributed by atoms with Crippen molar-refractivity contribution < 1.29 is 14.6 Å². The van der Waals surface area contributed by atoms with Gasteiger partial charge in [-0.15, -0.1) is 0 Å². The van der Waals surface area contributed by atoms with Crippen LogP contribution in [-0.4, -0.2) is 18.2 Å². The third kappa shape index (κ3) is 1.90. The lowest BCUT2D eigenvalue weighted by molar-refractivity contribution is 0.0597. The Morgan fingerprint density at radius 1 is 1.67 bits per heavy atom. The smallest absolute Gasteiger partial charge is 0.343 e. The lowest BCUT2D eigenvalue weighted by atomic mass is 10.0. The molecule has 5 heteroatoms. The molecular formula is C10H10N2O3. The molecule has 0 aliphatic carbocycles. The molecule has 0 unspecified atom stereocenters. The predicted octanol–water partition coefficient (Wildman–Crippen LogP) is 0.509. The first kappa shape index (κ1) is 11.0. The van der Waals surface area contributed by atoms with Gasteiger partial charge in [-0.05, 0) is 11.6 Å². The summed E-state index contributed by atoms with van der Waals surface area (Å²) in [7, 11) is 1.18. The lowest BCUT2D eigenvalue weighted by Gasteiger charge is -2.07. The first-order valence-electron chi connectivity index (χ1n) is 4.19. The maximum atomic E-state index is 11.3. The molecule has 0 spiro atoms. The normalized spacial score (nSPS) is 9.40. The molecule has 78 valence electrons. The molecule has 0 aliphatic rings. The number of methoxy groups -OCH3 is 1. The van der Waals surface area contributed by atoms with Crippen molar-refractivity contribution in [3.8, 4) is 11.8 Å². The molecule has 0 bridgehead atoms. The second-order valence-corrected chi connectivity index (χ2v) is 2.80. The van der Waals surface area contributed by atoms with E-state index in [1.807, 2.05) is 6.07 Å². The number of rotatable bonds is 2. The van der Waals surface area contributed by atoms with E-state index in [1.165, 1.54) is 19.2 Å². The summed E-state index contributed by atoms with van der Waals surface area (Å²) in [5.41, 5.74) is 5.82. The van der Waals surface area contributed by atoms with Crippen molar-refractivity contribution in [1.29, 1.82) is 5.26 Å². The number of phenolic OH excluding ortho intramolecular Hbond substituents is 1. The monoisotopic (exact) mass is 206 g/mol. The summed E-state index contributed by atoms with van der Waals surface area (Å²) in [6.07, 6.45) is 0. The third-order valence-corrected chi connectivity index (χ3v) is 1.99. The van der Waals surface area contributed by atoms with Crippen molar-refractivity contribution in [1.82, 2.24) is 0 Å². The van der Waals surface area contributed by atoms with Gasteiger partial charge in [0.15, 0.2) is 0 Å². The van der Waals surface area contributed by atoms with Crippen LogP contribution in [0.3, 0.4) is 0 Å². The molecule has 0 aromatic heterocycles. The standard InChI is InChI=1S/C10H10N2O3/c1-15-10(14)9-7(5-12)6(4-11)2-3-8(9)13/h2-3,13H,4,11H2,1H3. The van der Waals surface area contributed by atoms with E-state index in [1.54, 1.807) is 0 Å². The number of hydrogen-bond acceptors (Lipinski definition) is 5. The fraction of sp³-hybridized carbons (Fsp3) is 0.200. The Balaban J connectivity index is 3.47. The molecule has 0 aliphatic heterocycles. The molecule has 1 rings (SSSR count).